The molecule has 25 heavy (non-hydrogen) atoms. The Balaban J connectivity index is 0.00000156. The number of fused-ring (bicyclic) bond motifs is 2. The molecule has 2 atom stereocenters. The number of ether oxygens (including phenoxy) is 1. The van der Waals surface area contributed by atoms with Crippen molar-refractivity contribution in [2.75, 3.05) is 40.3 Å². The van der Waals surface area contributed by atoms with Crippen molar-refractivity contribution < 1.29 is 9.53 Å². The van der Waals surface area contributed by atoms with Crippen molar-refractivity contribution in [3.8, 4) is 5.75 Å². The molecule has 0 aliphatic carbocycles. The largest absolute Gasteiger partial charge is 0.491 e. The molecule has 3 rings (SSSR count). The third-order valence-corrected chi connectivity index (χ3v) is 4.80. The van der Waals surface area contributed by atoms with Crippen molar-refractivity contribution >= 4 is 30.7 Å². The van der Waals surface area contributed by atoms with Crippen molar-refractivity contribution in [3.63, 3.8) is 0 Å². The summed E-state index contributed by atoms with van der Waals surface area (Å²) < 4.78 is 5.88. The maximum atomic E-state index is 13.1. The van der Waals surface area contributed by atoms with Crippen LogP contribution in [-0.2, 0) is 0 Å². The molecule has 2 bridgehead atoms. The van der Waals surface area contributed by atoms with Gasteiger partial charge in [0, 0.05) is 25.2 Å². The van der Waals surface area contributed by atoms with Crippen molar-refractivity contribution in [1.29, 1.82) is 0 Å². The Morgan fingerprint density at radius 3 is 2.68 bits per heavy atom. The predicted octanol–water partition coefficient (Wildman–Crippen LogP) is 2.44. The molecule has 2 unspecified atom stereocenters. The second-order valence-corrected chi connectivity index (χ2v) is 6.74. The average molecular weight is 390 g/mol. The number of amides is 1. The first-order valence-electron chi connectivity index (χ1n) is 8.57. The van der Waals surface area contributed by atoms with Gasteiger partial charge in [0.15, 0.2) is 0 Å². The van der Waals surface area contributed by atoms with E-state index in [1.165, 1.54) is 0 Å². The summed E-state index contributed by atoms with van der Waals surface area (Å²) in [5.41, 5.74) is 0.699. The number of nitrogens with one attached hydrogen (secondary N) is 1. The minimum absolute atomic E-state index is 0. The van der Waals surface area contributed by atoms with Crippen molar-refractivity contribution in [1.82, 2.24) is 15.1 Å². The van der Waals surface area contributed by atoms with Gasteiger partial charge in [0.05, 0.1) is 5.56 Å². The fourth-order valence-electron chi connectivity index (χ4n) is 3.56. The quantitative estimate of drug-likeness (QED) is 0.839. The third-order valence-electron chi connectivity index (χ3n) is 4.80. The van der Waals surface area contributed by atoms with E-state index in [1.54, 1.807) is 0 Å². The molecule has 2 fully saturated rings. The van der Waals surface area contributed by atoms with Crippen LogP contribution in [0.15, 0.2) is 24.3 Å². The fourth-order valence-corrected chi connectivity index (χ4v) is 3.56. The first-order valence-corrected chi connectivity index (χ1v) is 8.57. The van der Waals surface area contributed by atoms with Gasteiger partial charge in [0.25, 0.3) is 5.91 Å². The highest BCUT2D eigenvalue weighted by Gasteiger charge is 2.39. The highest BCUT2D eigenvalue weighted by Crippen LogP contribution is 2.31. The van der Waals surface area contributed by atoms with Crippen molar-refractivity contribution in [2.24, 2.45) is 0 Å². The second kappa shape index (κ2) is 10.2. The molecule has 1 aromatic rings. The molecule has 1 aromatic carbocycles. The Labute approximate surface area is 162 Å². The van der Waals surface area contributed by atoms with Gasteiger partial charge in [-0.15, -0.1) is 24.8 Å². The van der Waals surface area contributed by atoms with E-state index >= 15 is 0 Å². The van der Waals surface area contributed by atoms with Crippen LogP contribution in [0.25, 0.3) is 0 Å². The third kappa shape index (κ3) is 5.23. The highest BCUT2D eigenvalue weighted by molar-refractivity contribution is 5.97. The van der Waals surface area contributed by atoms with E-state index in [0.29, 0.717) is 30.0 Å². The number of hydrogen-bond donors (Lipinski definition) is 1. The molecule has 0 saturated carbocycles. The normalized spacial score (nSPS) is 22.0. The molecule has 2 aliphatic heterocycles. The number of benzene rings is 1. The smallest absolute Gasteiger partial charge is 0.258 e. The Morgan fingerprint density at radius 2 is 1.92 bits per heavy atom. The first-order chi connectivity index (χ1) is 11.2. The highest BCUT2D eigenvalue weighted by atomic mass is 35.5. The van der Waals surface area contributed by atoms with E-state index in [4.69, 9.17) is 4.74 Å². The molecule has 0 spiro atoms. The van der Waals surface area contributed by atoms with E-state index in [-0.39, 0.29) is 30.7 Å². The number of likely N-dealkylation sites (N-methyl/N-ethyl adjacent to an activating group) is 1. The maximum absolute atomic E-state index is 13.1. The predicted molar refractivity (Wildman–Crippen MR) is 105 cm³/mol. The molecule has 2 heterocycles. The van der Waals surface area contributed by atoms with Gasteiger partial charge in [-0.3, -0.25) is 4.79 Å². The lowest BCUT2D eigenvalue weighted by atomic mass is 10.1. The number of carbonyl (C=O) groups excluding carboxylic acids is 1. The zero-order chi connectivity index (χ0) is 16.2. The van der Waals surface area contributed by atoms with E-state index in [1.807, 2.05) is 38.4 Å². The van der Waals surface area contributed by atoms with Crippen LogP contribution >= 0.6 is 24.8 Å². The van der Waals surface area contributed by atoms with Gasteiger partial charge in [0.1, 0.15) is 12.4 Å². The molecule has 0 aromatic heterocycles. The van der Waals surface area contributed by atoms with E-state index in [9.17, 15) is 4.79 Å². The van der Waals surface area contributed by atoms with Gasteiger partial charge < -0.3 is 19.9 Å². The zero-order valence-corrected chi connectivity index (χ0v) is 16.6. The summed E-state index contributed by atoms with van der Waals surface area (Å²) in [6.45, 7) is 3.34. The van der Waals surface area contributed by atoms with Crippen LogP contribution in [0.5, 0.6) is 5.75 Å². The summed E-state index contributed by atoms with van der Waals surface area (Å²) >= 11 is 0. The summed E-state index contributed by atoms with van der Waals surface area (Å²) in [7, 11) is 4.03. The van der Waals surface area contributed by atoms with Crippen LogP contribution in [0.1, 0.15) is 29.6 Å². The minimum atomic E-state index is 0. The molecule has 0 radical (unpaired) electrons. The standard InChI is InChI=1S/C18H27N3O2.2ClH/c1-20(2)11-12-23-17-6-4-3-5-16(17)18(22)21-14-7-8-15(21)13-19-10-9-14;;/h3-6,14-15,19H,7-13H2,1-2H3;2*1H. The van der Waals surface area contributed by atoms with Crippen LogP contribution in [-0.4, -0.2) is 68.1 Å². The molecular weight excluding hydrogens is 361 g/mol. The first kappa shape index (κ1) is 22.0. The van der Waals surface area contributed by atoms with E-state index < -0.39 is 0 Å². The Morgan fingerprint density at radius 1 is 1.20 bits per heavy atom. The van der Waals surface area contributed by atoms with Crippen LogP contribution < -0.4 is 10.1 Å². The summed E-state index contributed by atoms with van der Waals surface area (Å²) in [6, 6.07) is 8.35. The van der Waals surface area contributed by atoms with Crippen LogP contribution in [0.4, 0.5) is 0 Å². The Bertz CT molecular complexity index is 543. The zero-order valence-electron chi connectivity index (χ0n) is 14.9. The maximum Gasteiger partial charge on any atom is 0.258 e. The Hall–Kier alpha value is -1.01. The minimum Gasteiger partial charge on any atom is -0.491 e. The van der Waals surface area contributed by atoms with Gasteiger partial charge in [0.2, 0.25) is 0 Å². The lowest BCUT2D eigenvalue weighted by Crippen LogP contribution is -2.42. The number of hydrogen-bond acceptors (Lipinski definition) is 4. The lowest BCUT2D eigenvalue weighted by Gasteiger charge is -2.28. The van der Waals surface area contributed by atoms with Crippen molar-refractivity contribution in [2.45, 2.75) is 31.3 Å². The summed E-state index contributed by atoms with van der Waals surface area (Å²) in [5.74, 6) is 0.831. The number of carbonyl (C=O) groups is 1. The van der Waals surface area contributed by atoms with Gasteiger partial charge in [-0.1, -0.05) is 12.1 Å². The summed E-state index contributed by atoms with van der Waals surface area (Å²) in [5, 5.41) is 3.45. The molecule has 5 nitrogen and oxygen atoms in total. The molecule has 7 heteroatoms. The molecule has 142 valence electrons. The van der Waals surface area contributed by atoms with Crippen molar-refractivity contribution in [3.05, 3.63) is 29.8 Å². The number of rotatable bonds is 5. The van der Waals surface area contributed by atoms with Gasteiger partial charge in [-0.2, -0.15) is 0 Å². The number of nitrogens with zero attached hydrogens (tertiary/aromatic N) is 2. The monoisotopic (exact) mass is 389 g/mol. The Kier molecular flexibility index (Phi) is 9.00. The topological polar surface area (TPSA) is 44.8 Å². The van der Waals surface area contributed by atoms with Crippen LogP contribution in [0, 0.1) is 0 Å². The molecule has 2 saturated heterocycles. The van der Waals surface area contributed by atoms with E-state index in [2.05, 4.69) is 15.1 Å². The van der Waals surface area contributed by atoms with E-state index in [0.717, 1.165) is 38.9 Å². The second-order valence-electron chi connectivity index (χ2n) is 6.74. The van der Waals surface area contributed by atoms with Crippen LogP contribution in [0.3, 0.4) is 0 Å². The SMILES string of the molecule is CN(C)CCOc1ccccc1C(=O)N1C2CCNCC1CC2.Cl.Cl. The van der Waals surface area contributed by atoms with Gasteiger partial charge in [-0.05, 0) is 52.0 Å². The molecular formula is C18H29Cl2N3O2. The number of para-hydroxylation sites is 1. The molecule has 2 aliphatic rings. The van der Waals surface area contributed by atoms with Gasteiger partial charge >= 0.3 is 0 Å². The van der Waals surface area contributed by atoms with Gasteiger partial charge in [-0.25, -0.2) is 0 Å². The molecule has 1 N–H and O–H groups in total. The fraction of sp³-hybridized carbons (Fsp3) is 0.611. The average Bonchev–Trinajstić information content (AvgIpc) is 2.80. The summed E-state index contributed by atoms with van der Waals surface area (Å²) in [6.07, 6.45) is 3.28. The lowest BCUT2D eigenvalue weighted by molar-refractivity contribution is 0.0675. The van der Waals surface area contributed by atoms with Crippen LogP contribution in [0.2, 0.25) is 0 Å². The molecule has 1 amide bonds. The summed E-state index contributed by atoms with van der Waals surface area (Å²) in [4.78, 5) is 17.3. The number of halogens is 2.